The van der Waals surface area contributed by atoms with E-state index in [2.05, 4.69) is 15.4 Å². The summed E-state index contributed by atoms with van der Waals surface area (Å²) in [5.41, 5.74) is 1.69. The topological polar surface area (TPSA) is 47.0 Å². The van der Waals surface area contributed by atoms with Crippen LogP contribution in [-0.2, 0) is 0 Å². The lowest BCUT2D eigenvalue weighted by molar-refractivity contribution is -0.890. The number of benzene rings is 2. The summed E-state index contributed by atoms with van der Waals surface area (Å²) in [6.45, 7) is 0.579. The van der Waals surface area contributed by atoms with Crippen molar-refractivity contribution in [1.29, 1.82) is 0 Å². The van der Waals surface area contributed by atoms with Crippen LogP contribution in [0.25, 0.3) is 0 Å². The summed E-state index contributed by atoms with van der Waals surface area (Å²) in [6, 6.07) is 13.4. The molecular weight excluding hydrogens is 391 g/mol. The van der Waals surface area contributed by atoms with Crippen molar-refractivity contribution in [2.45, 2.75) is 12.4 Å². The van der Waals surface area contributed by atoms with Gasteiger partial charge in [0.2, 0.25) is 0 Å². The van der Waals surface area contributed by atoms with Gasteiger partial charge in [0.05, 0.1) is 27.7 Å². The third kappa shape index (κ3) is 6.90. The lowest BCUT2D eigenvalue weighted by atomic mass is 10.1. The highest BCUT2D eigenvalue weighted by molar-refractivity contribution is 7.80. The molecule has 0 heterocycles. The molecule has 1 atom stereocenters. The molecule has 0 unspecified atom stereocenters. The van der Waals surface area contributed by atoms with Crippen LogP contribution in [0.1, 0.15) is 11.6 Å². The smallest absolute Gasteiger partial charge is 0.497 e. The Labute approximate surface area is 167 Å². The third-order valence-corrected chi connectivity index (χ3v) is 4.27. The Morgan fingerprint density at radius 3 is 2.11 bits per heavy atom. The number of quaternary nitrogens is 1. The maximum absolute atomic E-state index is 12.2. The van der Waals surface area contributed by atoms with E-state index in [9.17, 15) is 13.2 Å². The zero-order chi connectivity index (χ0) is 20.7. The van der Waals surface area contributed by atoms with E-state index in [-0.39, 0.29) is 11.8 Å². The van der Waals surface area contributed by atoms with Crippen molar-refractivity contribution in [2.24, 2.45) is 0 Å². The Morgan fingerprint density at radius 1 is 1.04 bits per heavy atom. The summed E-state index contributed by atoms with van der Waals surface area (Å²) < 4.78 is 45.6. The van der Waals surface area contributed by atoms with Crippen LogP contribution in [0.15, 0.2) is 48.5 Å². The van der Waals surface area contributed by atoms with E-state index in [1.54, 1.807) is 7.11 Å². The van der Waals surface area contributed by atoms with E-state index >= 15 is 0 Å². The number of methoxy groups -OCH3 is 1. The molecular formula is C19H23F3N3O2S+. The Hall–Kier alpha value is -2.52. The SMILES string of the molecule is COc1ccc([C@@H](CNC(=S)Nc2ccc(OC(F)(F)F)cc2)[NH+](C)C)cc1. The summed E-state index contributed by atoms with van der Waals surface area (Å²) in [5, 5.41) is 6.48. The lowest BCUT2D eigenvalue weighted by Crippen LogP contribution is -3.07. The average molecular weight is 414 g/mol. The highest BCUT2D eigenvalue weighted by Crippen LogP contribution is 2.24. The Bertz CT molecular complexity index is 765. The summed E-state index contributed by atoms with van der Waals surface area (Å²) in [7, 11) is 5.72. The van der Waals surface area contributed by atoms with Crippen LogP contribution in [0.2, 0.25) is 0 Å². The fraction of sp³-hybridized carbons (Fsp3) is 0.316. The van der Waals surface area contributed by atoms with Crippen molar-refractivity contribution >= 4 is 23.0 Å². The minimum absolute atomic E-state index is 0.146. The second-order valence-corrected chi connectivity index (χ2v) is 6.72. The number of nitrogens with one attached hydrogen (secondary N) is 3. The van der Waals surface area contributed by atoms with Crippen LogP contribution >= 0.6 is 12.2 Å². The van der Waals surface area contributed by atoms with Gasteiger partial charge in [-0.15, -0.1) is 13.2 Å². The average Bonchev–Trinajstić information content (AvgIpc) is 2.62. The van der Waals surface area contributed by atoms with Crippen LogP contribution in [0, 0.1) is 0 Å². The van der Waals surface area contributed by atoms with E-state index in [1.165, 1.54) is 29.2 Å². The van der Waals surface area contributed by atoms with Gasteiger partial charge in [0.15, 0.2) is 5.11 Å². The number of alkyl halides is 3. The van der Waals surface area contributed by atoms with E-state index < -0.39 is 6.36 Å². The molecule has 0 aliphatic heterocycles. The standard InChI is InChI=1S/C19H22F3N3O2S/c1-25(2)17(13-4-8-15(26-3)9-5-13)12-23-18(28)24-14-6-10-16(11-7-14)27-19(20,21)22/h4-11,17H,12H2,1-3H3,(H2,23,24,28)/p+1/t17-/m1/s1. The summed E-state index contributed by atoms with van der Waals surface area (Å²) in [6.07, 6.45) is -4.71. The molecule has 9 heteroatoms. The number of rotatable bonds is 7. The highest BCUT2D eigenvalue weighted by Gasteiger charge is 2.30. The molecule has 2 aromatic carbocycles. The number of halogens is 3. The van der Waals surface area contributed by atoms with Crippen molar-refractivity contribution in [1.82, 2.24) is 5.32 Å². The molecule has 0 aliphatic rings. The molecule has 0 saturated heterocycles. The van der Waals surface area contributed by atoms with Crippen molar-refractivity contribution in [2.75, 3.05) is 33.1 Å². The zero-order valence-electron chi connectivity index (χ0n) is 15.8. The Kier molecular flexibility index (Phi) is 7.47. The first-order valence-corrected chi connectivity index (χ1v) is 8.93. The normalized spacial score (nSPS) is 12.4. The minimum atomic E-state index is -4.71. The molecule has 3 N–H and O–H groups in total. The molecule has 0 fully saturated rings. The van der Waals surface area contributed by atoms with Crippen LogP contribution in [0.5, 0.6) is 11.5 Å². The third-order valence-electron chi connectivity index (χ3n) is 4.03. The summed E-state index contributed by atoms with van der Waals surface area (Å²) in [5.74, 6) is 0.507. The van der Waals surface area contributed by atoms with Crippen molar-refractivity contribution in [3.05, 3.63) is 54.1 Å². The summed E-state index contributed by atoms with van der Waals surface area (Å²) in [4.78, 5) is 1.22. The molecule has 0 aliphatic carbocycles. The quantitative estimate of drug-likeness (QED) is 0.609. The molecule has 0 amide bonds. The number of hydrogen-bond acceptors (Lipinski definition) is 3. The monoisotopic (exact) mass is 414 g/mol. The number of ether oxygens (including phenoxy) is 2. The Balaban J connectivity index is 1.92. The number of anilines is 1. The van der Waals surface area contributed by atoms with E-state index in [0.717, 1.165) is 11.3 Å². The predicted octanol–water partition coefficient (Wildman–Crippen LogP) is 2.77. The van der Waals surface area contributed by atoms with Crippen LogP contribution < -0.4 is 25.0 Å². The van der Waals surface area contributed by atoms with E-state index in [0.29, 0.717) is 17.3 Å². The molecule has 28 heavy (non-hydrogen) atoms. The van der Waals surface area contributed by atoms with Gasteiger partial charge in [-0.3, -0.25) is 0 Å². The van der Waals surface area contributed by atoms with E-state index in [4.69, 9.17) is 17.0 Å². The number of thiocarbonyl (C=S) groups is 1. The van der Waals surface area contributed by atoms with Gasteiger partial charge in [0.1, 0.15) is 17.5 Å². The highest BCUT2D eigenvalue weighted by atomic mass is 32.1. The van der Waals surface area contributed by atoms with Gasteiger partial charge in [0.25, 0.3) is 0 Å². The summed E-state index contributed by atoms with van der Waals surface area (Å²) >= 11 is 5.29. The van der Waals surface area contributed by atoms with Gasteiger partial charge in [0, 0.05) is 11.3 Å². The second-order valence-electron chi connectivity index (χ2n) is 6.31. The molecule has 0 bridgehead atoms. The number of likely N-dealkylation sites (N-methyl/N-ethyl adjacent to an activating group) is 1. The first-order chi connectivity index (χ1) is 13.2. The molecule has 5 nitrogen and oxygen atoms in total. The van der Waals surface area contributed by atoms with Gasteiger partial charge < -0.3 is 25.0 Å². The van der Waals surface area contributed by atoms with Gasteiger partial charge in [-0.2, -0.15) is 0 Å². The van der Waals surface area contributed by atoms with Crippen molar-refractivity contribution in [3.8, 4) is 11.5 Å². The maximum Gasteiger partial charge on any atom is 0.573 e. The first kappa shape index (κ1) is 21.8. The van der Waals surface area contributed by atoms with Crippen molar-refractivity contribution in [3.63, 3.8) is 0 Å². The molecule has 0 radical (unpaired) electrons. The molecule has 0 saturated carbocycles. The van der Waals surface area contributed by atoms with Gasteiger partial charge in [-0.05, 0) is 60.7 Å². The largest absolute Gasteiger partial charge is 0.573 e. The second kappa shape index (κ2) is 9.61. The van der Waals surface area contributed by atoms with E-state index in [1.807, 2.05) is 38.4 Å². The number of hydrogen-bond donors (Lipinski definition) is 3. The molecule has 0 spiro atoms. The molecule has 2 rings (SSSR count). The maximum atomic E-state index is 12.2. The fourth-order valence-electron chi connectivity index (χ4n) is 2.60. The van der Waals surface area contributed by atoms with Gasteiger partial charge in [-0.1, -0.05) is 0 Å². The molecule has 2 aromatic rings. The zero-order valence-corrected chi connectivity index (χ0v) is 16.6. The van der Waals surface area contributed by atoms with Crippen molar-refractivity contribution < 1.29 is 27.5 Å². The van der Waals surface area contributed by atoms with Gasteiger partial charge in [-0.25, -0.2) is 0 Å². The van der Waals surface area contributed by atoms with Crippen LogP contribution in [0.4, 0.5) is 18.9 Å². The molecule has 0 aromatic heterocycles. The minimum Gasteiger partial charge on any atom is -0.497 e. The van der Waals surface area contributed by atoms with Crippen LogP contribution in [-0.4, -0.2) is 39.2 Å². The Morgan fingerprint density at radius 2 is 1.61 bits per heavy atom. The predicted molar refractivity (Wildman–Crippen MR) is 106 cm³/mol. The van der Waals surface area contributed by atoms with Crippen LogP contribution in [0.3, 0.4) is 0 Å². The lowest BCUT2D eigenvalue weighted by Gasteiger charge is -2.23. The first-order valence-electron chi connectivity index (χ1n) is 8.52. The fourth-order valence-corrected chi connectivity index (χ4v) is 2.80. The molecule has 152 valence electrons. The van der Waals surface area contributed by atoms with Gasteiger partial charge >= 0.3 is 6.36 Å².